The summed E-state index contributed by atoms with van der Waals surface area (Å²) in [5, 5.41) is 2.73. The molecule has 1 fully saturated rings. The van der Waals surface area contributed by atoms with Gasteiger partial charge < -0.3 is 14.5 Å². The van der Waals surface area contributed by atoms with Crippen LogP contribution < -0.4 is 5.32 Å². The van der Waals surface area contributed by atoms with Crippen LogP contribution in [-0.2, 0) is 4.74 Å². The number of amides is 1. The maximum atomic E-state index is 14.7. The smallest absolute Gasteiger partial charge is 0.293 e. The fraction of sp³-hybridized carbons (Fsp3) is 0.308. The molecule has 4 aromatic rings. The number of oxazole rings is 1. The minimum atomic E-state index is -0.466. The van der Waals surface area contributed by atoms with Crippen molar-refractivity contribution in [1.29, 1.82) is 0 Å². The van der Waals surface area contributed by atoms with Crippen molar-refractivity contribution in [2.75, 3.05) is 38.2 Å². The van der Waals surface area contributed by atoms with Gasteiger partial charge in [0.25, 0.3) is 5.91 Å². The van der Waals surface area contributed by atoms with Gasteiger partial charge in [-0.3, -0.25) is 14.1 Å². The zero-order chi connectivity index (χ0) is 25.1. The largest absolute Gasteiger partial charge is 0.436 e. The number of benzene rings is 1. The Balaban J connectivity index is 1.32. The van der Waals surface area contributed by atoms with Crippen LogP contribution in [0.5, 0.6) is 0 Å². The van der Waals surface area contributed by atoms with Gasteiger partial charge in [0.1, 0.15) is 5.82 Å². The van der Waals surface area contributed by atoms with E-state index >= 15 is 0 Å². The molecule has 10 heteroatoms. The van der Waals surface area contributed by atoms with Crippen LogP contribution in [0.15, 0.2) is 41.2 Å². The topological polar surface area (TPSA) is 97.8 Å². The summed E-state index contributed by atoms with van der Waals surface area (Å²) in [7, 11) is 0. The molecule has 1 N–H and O–H groups in total. The zero-order valence-electron chi connectivity index (χ0n) is 20.0. The number of morpholine rings is 1. The number of rotatable bonds is 5. The third kappa shape index (κ3) is 5.27. The molecule has 0 unspecified atom stereocenters. The minimum absolute atomic E-state index is 0.119. The van der Waals surface area contributed by atoms with Crippen molar-refractivity contribution < 1.29 is 18.3 Å². The molecule has 1 aliphatic heterocycles. The summed E-state index contributed by atoms with van der Waals surface area (Å²) in [5.41, 5.74) is 2.26. The summed E-state index contributed by atoms with van der Waals surface area (Å²) in [6.45, 7) is 7.68. The van der Waals surface area contributed by atoms with E-state index in [1.165, 1.54) is 18.2 Å². The monoisotopic (exact) mass is 488 g/mol. The molecule has 9 nitrogen and oxygen atoms in total. The summed E-state index contributed by atoms with van der Waals surface area (Å²) in [5.74, 6) is 6.34. The predicted molar refractivity (Wildman–Crippen MR) is 131 cm³/mol. The molecule has 1 saturated heterocycles. The highest BCUT2D eigenvalue weighted by Gasteiger charge is 2.18. The van der Waals surface area contributed by atoms with Crippen LogP contribution in [0.1, 0.15) is 34.1 Å². The summed E-state index contributed by atoms with van der Waals surface area (Å²) in [6, 6.07) is 4.29. The van der Waals surface area contributed by atoms with E-state index < -0.39 is 11.7 Å². The fourth-order valence-corrected chi connectivity index (χ4v) is 4.01. The van der Waals surface area contributed by atoms with Gasteiger partial charge in [0, 0.05) is 62.8 Å². The predicted octanol–water partition coefficient (Wildman–Crippen LogP) is 3.47. The Labute approximate surface area is 207 Å². The first-order valence-electron chi connectivity index (χ1n) is 11.7. The highest BCUT2D eigenvalue weighted by molar-refractivity contribution is 6.03. The first-order valence-corrected chi connectivity index (χ1v) is 11.7. The molecule has 36 heavy (non-hydrogen) atoms. The van der Waals surface area contributed by atoms with Gasteiger partial charge in [-0.2, -0.15) is 0 Å². The molecule has 0 aliphatic carbocycles. The molecule has 0 atom stereocenters. The number of imidazole rings is 1. The third-order valence-electron chi connectivity index (χ3n) is 5.81. The van der Waals surface area contributed by atoms with Crippen LogP contribution in [0, 0.1) is 31.5 Å². The van der Waals surface area contributed by atoms with Crippen molar-refractivity contribution in [2.45, 2.75) is 20.3 Å². The molecule has 1 amide bonds. The molecule has 184 valence electrons. The highest BCUT2D eigenvalue weighted by atomic mass is 19.1. The van der Waals surface area contributed by atoms with Crippen molar-refractivity contribution in [3.8, 4) is 23.1 Å². The van der Waals surface area contributed by atoms with E-state index in [1.54, 1.807) is 30.6 Å². The van der Waals surface area contributed by atoms with E-state index in [0.717, 1.165) is 44.8 Å². The molecule has 1 aromatic carbocycles. The van der Waals surface area contributed by atoms with Gasteiger partial charge in [-0.1, -0.05) is 11.8 Å². The number of fused-ring (bicyclic) bond motifs is 1. The minimum Gasteiger partial charge on any atom is -0.436 e. The van der Waals surface area contributed by atoms with E-state index in [2.05, 4.69) is 37.0 Å². The van der Waals surface area contributed by atoms with Gasteiger partial charge in [0.15, 0.2) is 5.89 Å². The van der Waals surface area contributed by atoms with Crippen LogP contribution in [-0.4, -0.2) is 63.0 Å². The van der Waals surface area contributed by atoms with Crippen molar-refractivity contribution >= 4 is 17.4 Å². The average molecular weight is 489 g/mol. The summed E-state index contributed by atoms with van der Waals surface area (Å²) < 4.78 is 27.1. The van der Waals surface area contributed by atoms with Crippen molar-refractivity contribution in [2.24, 2.45) is 0 Å². The number of nitrogens with one attached hydrogen (secondary N) is 1. The maximum Gasteiger partial charge on any atom is 0.293 e. The molecule has 1 aliphatic rings. The van der Waals surface area contributed by atoms with E-state index in [0.29, 0.717) is 28.7 Å². The number of hydrogen-bond acceptors (Lipinski definition) is 7. The Kier molecular flexibility index (Phi) is 6.75. The Bertz CT molecular complexity index is 1480. The number of aromatic nitrogens is 4. The quantitative estimate of drug-likeness (QED) is 0.430. The third-order valence-corrected chi connectivity index (χ3v) is 5.81. The summed E-state index contributed by atoms with van der Waals surface area (Å²) in [6.07, 6.45) is 5.92. The fourth-order valence-electron chi connectivity index (χ4n) is 4.01. The lowest BCUT2D eigenvalue weighted by atomic mass is 10.1. The number of nitrogens with zero attached hydrogens (tertiary/aromatic N) is 5. The SMILES string of the molecule is Cc1nc(C)c(C(=O)Nc2ccc(F)c(-c3cn4cc(C#CCCN5CCOCC5)cnc4n3)c2)o1. The number of carbonyl (C=O) groups is 1. The van der Waals surface area contributed by atoms with Gasteiger partial charge in [0.05, 0.1) is 30.2 Å². The second kappa shape index (κ2) is 10.3. The Hall–Kier alpha value is -4.07. The Morgan fingerprint density at radius 2 is 2.03 bits per heavy atom. The summed E-state index contributed by atoms with van der Waals surface area (Å²) >= 11 is 0. The van der Waals surface area contributed by atoms with Gasteiger partial charge >= 0.3 is 0 Å². The van der Waals surface area contributed by atoms with Crippen molar-refractivity contribution in [1.82, 2.24) is 24.3 Å². The van der Waals surface area contributed by atoms with Crippen LogP contribution in [0.4, 0.5) is 10.1 Å². The van der Waals surface area contributed by atoms with E-state index in [-0.39, 0.29) is 11.3 Å². The first-order chi connectivity index (χ1) is 17.5. The normalized spacial score (nSPS) is 14.0. The summed E-state index contributed by atoms with van der Waals surface area (Å²) in [4.78, 5) is 27.8. The molecule has 0 radical (unpaired) electrons. The lowest BCUT2D eigenvalue weighted by molar-refractivity contribution is 0.0390. The van der Waals surface area contributed by atoms with Crippen LogP contribution >= 0.6 is 0 Å². The second-order valence-corrected chi connectivity index (χ2v) is 8.48. The highest BCUT2D eigenvalue weighted by Crippen LogP contribution is 2.26. The van der Waals surface area contributed by atoms with Crippen molar-refractivity contribution in [3.05, 3.63) is 65.5 Å². The lowest BCUT2D eigenvalue weighted by Crippen LogP contribution is -2.36. The number of anilines is 1. The number of aryl methyl sites for hydroxylation is 2. The van der Waals surface area contributed by atoms with Crippen LogP contribution in [0.2, 0.25) is 0 Å². The average Bonchev–Trinajstić information content (AvgIpc) is 3.45. The molecule has 4 heterocycles. The number of carbonyl (C=O) groups excluding carboxylic acids is 1. The first kappa shape index (κ1) is 23.7. The van der Waals surface area contributed by atoms with Gasteiger partial charge in [0.2, 0.25) is 11.5 Å². The molecular weight excluding hydrogens is 463 g/mol. The van der Waals surface area contributed by atoms with Gasteiger partial charge in [-0.25, -0.2) is 19.3 Å². The van der Waals surface area contributed by atoms with Gasteiger partial charge in [-0.15, -0.1) is 0 Å². The molecule has 0 saturated carbocycles. The van der Waals surface area contributed by atoms with Crippen molar-refractivity contribution in [3.63, 3.8) is 0 Å². The zero-order valence-corrected chi connectivity index (χ0v) is 20.0. The molecular formula is C26H25FN6O3. The van der Waals surface area contributed by atoms with Crippen LogP contribution in [0.25, 0.3) is 17.0 Å². The molecule has 3 aromatic heterocycles. The van der Waals surface area contributed by atoms with E-state index in [9.17, 15) is 9.18 Å². The lowest BCUT2D eigenvalue weighted by Gasteiger charge is -2.25. The molecule has 5 rings (SSSR count). The Morgan fingerprint density at radius 3 is 2.81 bits per heavy atom. The number of ether oxygens (including phenoxy) is 1. The number of hydrogen-bond donors (Lipinski definition) is 1. The number of halogens is 1. The van der Waals surface area contributed by atoms with Gasteiger partial charge in [-0.05, 0) is 25.1 Å². The Morgan fingerprint density at radius 1 is 1.19 bits per heavy atom. The van der Waals surface area contributed by atoms with E-state index in [4.69, 9.17) is 9.15 Å². The standard InChI is InChI=1S/C26H25FN6O3/c1-17-24(36-18(2)29-17)25(34)30-20-6-7-22(27)21(13-20)23-16-33-15-19(14-28-26(33)31-23)5-3-4-8-32-9-11-35-12-10-32/h6-7,13-16H,4,8-12H2,1-2H3,(H,30,34). The van der Waals surface area contributed by atoms with E-state index in [1.807, 2.05) is 6.20 Å². The van der Waals surface area contributed by atoms with Crippen LogP contribution in [0.3, 0.4) is 0 Å². The molecule has 0 bridgehead atoms. The molecule has 0 spiro atoms. The second-order valence-electron chi connectivity index (χ2n) is 8.48. The maximum absolute atomic E-state index is 14.7.